The molecule has 188 valence electrons. The number of urea groups is 1. The van der Waals surface area contributed by atoms with Gasteiger partial charge in [-0.15, -0.1) is 13.2 Å². The second-order valence-electron chi connectivity index (χ2n) is 7.60. The number of hydrazone groups is 1. The number of halogens is 7. The average Bonchev–Trinajstić information content (AvgIpc) is 3.25. The molecule has 2 amide bonds. The van der Waals surface area contributed by atoms with E-state index in [4.69, 9.17) is 11.6 Å². The van der Waals surface area contributed by atoms with E-state index in [1.54, 1.807) is 24.3 Å². The number of benzene rings is 2. The van der Waals surface area contributed by atoms with Gasteiger partial charge < -0.3 is 10.1 Å². The molecule has 1 N–H and O–H groups in total. The van der Waals surface area contributed by atoms with Crippen LogP contribution in [0.15, 0.2) is 72.0 Å². The minimum absolute atomic E-state index is 0.0442. The largest absolute Gasteiger partial charge is 0.573 e. The van der Waals surface area contributed by atoms with Crippen molar-refractivity contribution >= 4 is 29.0 Å². The number of aromatic nitrogens is 1. The van der Waals surface area contributed by atoms with Gasteiger partial charge in [0.1, 0.15) is 5.75 Å². The summed E-state index contributed by atoms with van der Waals surface area (Å²) in [5.74, 6) is -1.11. The monoisotopic (exact) mass is 528 g/mol. The summed E-state index contributed by atoms with van der Waals surface area (Å²) in [6, 6.07) is 12.4. The molecule has 2 heterocycles. The van der Waals surface area contributed by atoms with E-state index in [2.05, 4.69) is 20.1 Å². The summed E-state index contributed by atoms with van der Waals surface area (Å²) in [7, 11) is 0. The fourth-order valence-electron chi connectivity index (χ4n) is 3.45. The van der Waals surface area contributed by atoms with Crippen LogP contribution in [0.25, 0.3) is 0 Å². The predicted octanol–water partition coefficient (Wildman–Crippen LogP) is 6.69. The third-order valence-corrected chi connectivity index (χ3v) is 5.35. The lowest BCUT2D eigenvalue weighted by molar-refractivity contribution is -0.274. The molecule has 13 heteroatoms. The van der Waals surface area contributed by atoms with Gasteiger partial charge in [0.05, 0.1) is 29.4 Å². The Morgan fingerprint density at radius 2 is 1.64 bits per heavy atom. The van der Waals surface area contributed by atoms with Gasteiger partial charge in [-0.25, -0.2) is 9.80 Å². The maximum absolute atomic E-state index is 13.0. The SMILES string of the molecule is O=C(Nc1ccc(OC(F)(F)F)cc1)N1CC(c2ccc(C(F)(F)F)cn2)C(c2ccc(Cl)cc2)=N1. The van der Waals surface area contributed by atoms with E-state index in [9.17, 15) is 31.1 Å². The number of hydrogen-bond acceptors (Lipinski definition) is 4. The molecule has 0 fully saturated rings. The number of carbonyl (C=O) groups excluding carboxylic acids is 1. The fourth-order valence-corrected chi connectivity index (χ4v) is 3.57. The first kappa shape index (κ1) is 25.3. The predicted molar refractivity (Wildman–Crippen MR) is 119 cm³/mol. The number of nitrogens with one attached hydrogen (secondary N) is 1. The Kier molecular flexibility index (Phi) is 6.81. The summed E-state index contributed by atoms with van der Waals surface area (Å²) in [4.78, 5) is 16.8. The molecule has 1 aliphatic rings. The molecule has 0 radical (unpaired) electrons. The van der Waals surface area contributed by atoms with Crippen molar-refractivity contribution in [3.05, 3.63) is 88.7 Å². The van der Waals surface area contributed by atoms with E-state index >= 15 is 0 Å². The molecule has 4 rings (SSSR count). The molecular weight excluding hydrogens is 514 g/mol. The first-order valence-electron chi connectivity index (χ1n) is 10.2. The number of ether oxygens (including phenoxy) is 1. The van der Waals surface area contributed by atoms with Crippen LogP contribution in [0.3, 0.4) is 0 Å². The lowest BCUT2D eigenvalue weighted by Crippen LogP contribution is -2.30. The van der Waals surface area contributed by atoms with Gasteiger partial charge in [0.25, 0.3) is 0 Å². The second kappa shape index (κ2) is 9.69. The Bertz CT molecular complexity index is 1260. The minimum atomic E-state index is -4.85. The summed E-state index contributed by atoms with van der Waals surface area (Å²) in [5.41, 5.74) is 0.481. The van der Waals surface area contributed by atoms with E-state index in [-0.39, 0.29) is 17.9 Å². The zero-order chi connectivity index (χ0) is 26.1. The maximum atomic E-state index is 13.0. The van der Waals surface area contributed by atoms with Crippen LogP contribution in [0.1, 0.15) is 22.7 Å². The van der Waals surface area contributed by atoms with Gasteiger partial charge in [-0.3, -0.25) is 4.98 Å². The summed E-state index contributed by atoms with van der Waals surface area (Å²) < 4.78 is 79.7. The number of hydrogen-bond donors (Lipinski definition) is 1. The molecule has 2 aromatic carbocycles. The van der Waals surface area contributed by atoms with Crippen molar-refractivity contribution in [1.29, 1.82) is 0 Å². The highest BCUT2D eigenvalue weighted by Crippen LogP contribution is 2.32. The Morgan fingerprint density at radius 1 is 0.972 bits per heavy atom. The molecule has 0 saturated heterocycles. The molecule has 1 unspecified atom stereocenters. The highest BCUT2D eigenvalue weighted by molar-refractivity contribution is 6.30. The van der Waals surface area contributed by atoms with E-state index in [0.29, 0.717) is 22.5 Å². The van der Waals surface area contributed by atoms with E-state index in [1.807, 2.05) is 0 Å². The second-order valence-corrected chi connectivity index (χ2v) is 8.04. The average molecular weight is 529 g/mol. The summed E-state index contributed by atoms with van der Waals surface area (Å²) in [6.07, 6.45) is -8.70. The van der Waals surface area contributed by atoms with Crippen LogP contribution >= 0.6 is 11.6 Å². The fraction of sp³-hybridized carbons (Fsp3) is 0.174. The van der Waals surface area contributed by atoms with Gasteiger partial charge in [0.15, 0.2) is 0 Å². The zero-order valence-corrected chi connectivity index (χ0v) is 18.7. The third-order valence-electron chi connectivity index (χ3n) is 5.10. The number of nitrogens with zero attached hydrogens (tertiary/aromatic N) is 3. The lowest BCUT2D eigenvalue weighted by Gasteiger charge is -2.16. The molecular formula is C23H15ClF6N4O2. The van der Waals surface area contributed by atoms with Crippen LogP contribution in [0.4, 0.5) is 36.8 Å². The van der Waals surface area contributed by atoms with Crippen LogP contribution in [0.5, 0.6) is 5.75 Å². The van der Waals surface area contributed by atoms with Crippen LogP contribution in [-0.4, -0.2) is 34.6 Å². The molecule has 1 aliphatic heterocycles. The zero-order valence-electron chi connectivity index (χ0n) is 17.9. The molecule has 1 atom stereocenters. The van der Waals surface area contributed by atoms with Crippen LogP contribution in [0.2, 0.25) is 5.02 Å². The Hall–Kier alpha value is -3.80. The molecule has 0 saturated carbocycles. The molecule has 1 aromatic heterocycles. The number of amides is 2. The van der Waals surface area contributed by atoms with Gasteiger partial charge in [-0.1, -0.05) is 23.7 Å². The van der Waals surface area contributed by atoms with Gasteiger partial charge in [0, 0.05) is 16.9 Å². The van der Waals surface area contributed by atoms with E-state index < -0.39 is 35.8 Å². The third kappa shape index (κ3) is 6.06. The molecule has 0 aliphatic carbocycles. The lowest BCUT2D eigenvalue weighted by atomic mass is 9.94. The maximum Gasteiger partial charge on any atom is 0.573 e. The highest BCUT2D eigenvalue weighted by atomic mass is 35.5. The van der Waals surface area contributed by atoms with E-state index in [1.165, 1.54) is 18.2 Å². The van der Waals surface area contributed by atoms with Crippen molar-refractivity contribution in [2.24, 2.45) is 5.10 Å². The highest BCUT2D eigenvalue weighted by Gasteiger charge is 2.35. The molecule has 3 aromatic rings. The smallest absolute Gasteiger partial charge is 0.406 e. The molecule has 0 spiro atoms. The number of anilines is 1. The van der Waals surface area contributed by atoms with Crippen molar-refractivity contribution in [2.75, 3.05) is 11.9 Å². The summed E-state index contributed by atoms with van der Waals surface area (Å²) in [5, 5.41) is 8.36. The van der Waals surface area contributed by atoms with Crippen molar-refractivity contribution in [3.63, 3.8) is 0 Å². The standard InChI is InChI=1S/C23H15ClF6N4O2/c24-15-4-1-13(2-5-15)20-18(19-10-3-14(11-31-19)22(25,26)27)12-34(33-20)21(35)32-16-6-8-17(9-7-16)36-23(28,29)30/h1-11,18H,12H2,(H,32,35). The van der Waals surface area contributed by atoms with Crippen LogP contribution in [-0.2, 0) is 6.18 Å². The summed E-state index contributed by atoms with van der Waals surface area (Å²) >= 11 is 5.94. The van der Waals surface area contributed by atoms with Crippen molar-refractivity contribution in [2.45, 2.75) is 18.5 Å². The Balaban J connectivity index is 1.56. The number of pyridine rings is 1. The Morgan fingerprint density at radius 3 is 2.19 bits per heavy atom. The minimum Gasteiger partial charge on any atom is -0.406 e. The van der Waals surface area contributed by atoms with E-state index in [0.717, 1.165) is 23.2 Å². The number of carbonyl (C=O) groups is 1. The summed E-state index contributed by atoms with van der Waals surface area (Å²) in [6.45, 7) is -0.0442. The van der Waals surface area contributed by atoms with Gasteiger partial charge in [0.2, 0.25) is 0 Å². The van der Waals surface area contributed by atoms with Crippen molar-refractivity contribution in [1.82, 2.24) is 9.99 Å². The molecule has 0 bridgehead atoms. The normalized spacial score (nSPS) is 16.0. The van der Waals surface area contributed by atoms with Crippen LogP contribution < -0.4 is 10.1 Å². The van der Waals surface area contributed by atoms with Gasteiger partial charge >= 0.3 is 18.6 Å². The van der Waals surface area contributed by atoms with Crippen LogP contribution in [0, 0.1) is 0 Å². The molecule has 6 nitrogen and oxygen atoms in total. The first-order valence-corrected chi connectivity index (χ1v) is 10.6. The van der Waals surface area contributed by atoms with Crippen molar-refractivity contribution in [3.8, 4) is 5.75 Å². The Labute approximate surface area is 205 Å². The first-order chi connectivity index (χ1) is 16.9. The number of rotatable bonds is 4. The van der Waals surface area contributed by atoms with Gasteiger partial charge in [-0.2, -0.15) is 18.3 Å². The number of alkyl halides is 6. The molecule has 36 heavy (non-hydrogen) atoms. The topological polar surface area (TPSA) is 66.8 Å². The van der Waals surface area contributed by atoms with Gasteiger partial charge in [-0.05, 0) is 54.1 Å². The quantitative estimate of drug-likeness (QED) is 0.384. The van der Waals surface area contributed by atoms with Crippen molar-refractivity contribution < 1.29 is 35.9 Å².